The number of thiazole rings is 1. The van der Waals surface area contributed by atoms with Crippen LogP contribution in [0.2, 0.25) is 0 Å². The summed E-state index contributed by atoms with van der Waals surface area (Å²) in [4.78, 5) is 14.8. The number of hydrogen-bond acceptors (Lipinski definition) is 5. The predicted octanol–water partition coefficient (Wildman–Crippen LogP) is 2.20. The van der Waals surface area contributed by atoms with Crippen molar-refractivity contribution in [3.05, 3.63) is 5.38 Å². The van der Waals surface area contributed by atoms with Crippen LogP contribution >= 0.6 is 11.3 Å². The van der Waals surface area contributed by atoms with Crippen molar-refractivity contribution in [2.75, 3.05) is 5.32 Å². The molecule has 0 fully saturated rings. The van der Waals surface area contributed by atoms with Gasteiger partial charge in [-0.05, 0) is 20.8 Å². The van der Waals surface area contributed by atoms with Crippen LogP contribution in [0.1, 0.15) is 20.8 Å². The minimum absolute atomic E-state index is 0.110. The first-order chi connectivity index (χ1) is 6.37. The lowest BCUT2D eigenvalue weighted by Gasteiger charge is -2.18. The van der Waals surface area contributed by atoms with Gasteiger partial charge in [0, 0.05) is 0 Å². The van der Waals surface area contributed by atoms with E-state index in [9.17, 15) is 4.79 Å². The Bertz CT molecular complexity index is 330. The average Bonchev–Trinajstić information content (AvgIpc) is 2.30. The molecule has 14 heavy (non-hydrogen) atoms. The van der Waals surface area contributed by atoms with Gasteiger partial charge in [0.05, 0.1) is 5.38 Å². The second-order valence-electron chi connectivity index (χ2n) is 3.64. The summed E-state index contributed by atoms with van der Waals surface area (Å²) in [7, 11) is 0. The highest BCUT2D eigenvalue weighted by Gasteiger charge is 2.16. The third kappa shape index (κ3) is 3.61. The molecule has 1 heterocycles. The van der Waals surface area contributed by atoms with Gasteiger partial charge < -0.3 is 9.84 Å². The molecular formula is C8H12N2O3S. The Kier molecular flexibility index (Phi) is 2.95. The molecule has 0 radical (unpaired) electrons. The molecule has 0 aliphatic heterocycles. The number of aromatic nitrogens is 1. The fourth-order valence-electron chi connectivity index (χ4n) is 0.714. The van der Waals surface area contributed by atoms with Crippen molar-refractivity contribution in [1.29, 1.82) is 0 Å². The fourth-order valence-corrected chi connectivity index (χ4v) is 1.27. The number of nitrogens with zero attached hydrogens (tertiary/aromatic N) is 1. The molecule has 1 amide bonds. The highest BCUT2D eigenvalue weighted by Crippen LogP contribution is 2.20. The molecule has 0 aliphatic carbocycles. The summed E-state index contributed by atoms with van der Waals surface area (Å²) in [6, 6.07) is 0. The summed E-state index contributed by atoms with van der Waals surface area (Å²) in [5, 5.41) is 13.1. The van der Waals surface area contributed by atoms with Crippen LogP contribution < -0.4 is 5.32 Å². The van der Waals surface area contributed by atoms with E-state index in [1.165, 1.54) is 5.38 Å². The quantitative estimate of drug-likeness (QED) is 0.754. The zero-order chi connectivity index (χ0) is 10.8. The molecule has 6 heteroatoms. The Morgan fingerprint density at radius 2 is 2.29 bits per heavy atom. The van der Waals surface area contributed by atoms with Crippen LogP contribution in [0, 0.1) is 0 Å². The molecule has 0 saturated heterocycles. The monoisotopic (exact) mass is 216 g/mol. The SMILES string of the molecule is CC(C)(C)OC(=O)Nc1nc(O)cs1. The van der Waals surface area contributed by atoms with Crippen LogP contribution in [0.25, 0.3) is 0 Å². The molecule has 2 N–H and O–H groups in total. The second kappa shape index (κ2) is 3.83. The molecule has 5 nitrogen and oxygen atoms in total. The summed E-state index contributed by atoms with van der Waals surface area (Å²) in [5.74, 6) is -0.110. The van der Waals surface area contributed by atoms with Crippen LogP contribution in [-0.2, 0) is 4.74 Å². The molecule has 1 rings (SSSR count). The molecule has 0 unspecified atom stereocenters. The molecule has 1 aromatic heterocycles. The van der Waals surface area contributed by atoms with Crippen molar-refractivity contribution in [3.8, 4) is 5.88 Å². The fraction of sp³-hybridized carbons (Fsp3) is 0.500. The van der Waals surface area contributed by atoms with Crippen LogP contribution in [0.4, 0.5) is 9.93 Å². The van der Waals surface area contributed by atoms with Crippen molar-refractivity contribution in [3.63, 3.8) is 0 Å². The van der Waals surface area contributed by atoms with Gasteiger partial charge in [0.1, 0.15) is 5.60 Å². The van der Waals surface area contributed by atoms with Gasteiger partial charge in [-0.15, -0.1) is 11.3 Å². The lowest BCUT2D eigenvalue weighted by molar-refractivity contribution is 0.0636. The van der Waals surface area contributed by atoms with Gasteiger partial charge in [0.2, 0.25) is 5.88 Å². The van der Waals surface area contributed by atoms with Crippen molar-refractivity contribution in [2.24, 2.45) is 0 Å². The average molecular weight is 216 g/mol. The lowest BCUT2D eigenvalue weighted by Crippen LogP contribution is -2.27. The summed E-state index contributed by atoms with van der Waals surface area (Å²) in [6.07, 6.45) is -0.577. The third-order valence-corrected chi connectivity index (χ3v) is 1.85. The zero-order valence-electron chi connectivity index (χ0n) is 8.20. The Balaban J connectivity index is 2.50. The van der Waals surface area contributed by atoms with Crippen LogP contribution in [-0.4, -0.2) is 21.8 Å². The zero-order valence-corrected chi connectivity index (χ0v) is 9.01. The summed E-state index contributed by atoms with van der Waals surface area (Å²) >= 11 is 1.13. The van der Waals surface area contributed by atoms with Crippen molar-refractivity contribution in [1.82, 2.24) is 4.98 Å². The molecule has 0 atom stereocenters. The van der Waals surface area contributed by atoms with E-state index in [1.54, 1.807) is 20.8 Å². The van der Waals surface area contributed by atoms with E-state index in [0.717, 1.165) is 11.3 Å². The van der Waals surface area contributed by atoms with Gasteiger partial charge in [0.25, 0.3) is 0 Å². The highest BCUT2D eigenvalue weighted by molar-refractivity contribution is 7.14. The van der Waals surface area contributed by atoms with Crippen molar-refractivity contribution >= 4 is 22.6 Å². The van der Waals surface area contributed by atoms with Gasteiger partial charge >= 0.3 is 6.09 Å². The molecule has 78 valence electrons. The topological polar surface area (TPSA) is 71.5 Å². The maximum Gasteiger partial charge on any atom is 0.413 e. The predicted molar refractivity (Wildman–Crippen MR) is 53.6 cm³/mol. The molecule has 1 aromatic rings. The minimum atomic E-state index is -0.577. The highest BCUT2D eigenvalue weighted by atomic mass is 32.1. The van der Waals surface area contributed by atoms with Crippen LogP contribution in [0.15, 0.2) is 5.38 Å². The van der Waals surface area contributed by atoms with E-state index >= 15 is 0 Å². The number of aromatic hydroxyl groups is 1. The first-order valence-electron chi connectivity index (χ1n) is 4.01. The van der Waals surface area contributed by atoms with Gasteiger partial charge in [0.15, 0.2) is 5.13 Å². The number of nitrogens with one attached hydrogen (secondary N) is 1. The van der Waals surface area contributed by atoms with Crippen molar-refractivity contribution in [2.45, 2.75) is 26.4 Å². The number of hydrogen-bond donors (Lipinski definition) is 2. The summed E-state index contributed by atoms with van der Waals surface area (Å²) in [5.41, 5.74) is -0.538. The number of rotatable bonds is 1. The van der Waals surface area contributed by atoms with Crippen molar-refractivity contribution < 1.29 is 14.6 Å². The normalized spacial score (nSPS) is 11.1. The molecule has 0 aliphatic rings. The van der Waals surface area contributed by atoms with E-state index in [4.69, 9.17) is 9.84 Å². The molecule has 0 aromatic carbocycles. The number of carbonyl (C=O) groups excluding carboxylic acids is 1. The molecule has 0 saturated carbocycles. The Morgan fingerprint density at radius 3 is 2.71 bits per heavy atom. The second-order valence-corrected chi connectivity index (χ2v) is 4.50. The molecular weight excluding hydrogens is 204 g/mol. The summed E-state index contributed by atoms with van der Waals surface area (Å²) < 4.78 is 4.99. The van der Waals surface area contributed by atoms with Gasteiger partial charge in [-0.3, -0.25) is 5.32 Å². The van der Waals surface area contributed by atoms with Gasteiger partial charge in [-0.25, -0.2) is 4.79 Å². The first-order valence-corrected chi connectivity index (χ1v) is 4.89. The third-order valence-electron chi connectivity index (χ3n) is 1.10. The van der Waals surface area contributed by atoms with E-state index in [0.29, 0.717) is 5.13 Å². The molecule has 0 bridgehead atoms. The van der Waals surface area contributed by atoms with E-state index in [1.807, 2.05) is 0 Å². The summed E-state index contributed by atoms with van der Waals surface area (Å²) in [6.45, 7) is 5.31. The number of amides is 1. The Hall–Kier alpha value is -1.30. The first kappa shape index (κ1) is 10.8. The largest absolute Gasteiger partial charge is 0.493 e. The standard InChI is InChI=1S/C8H12N2O3S/c1-8(2,3)13-7(12)10-6-9-5(11)4-14-6/h4,11H,1-3H3,(H,9,10,12). The van der Waals surface area contributed by atoms with Crippen LogP contribution in [0.5, 0.6) is 5.88 Å². The van der Waals surface area contributed by atoms with E-state index in [2.05, 4.69) is 10.3 Å². The number of carbonyl (C=O) groups is 1. The number of ether oxygens (including phenoxy) is 1. The van der Waals surface area contributed by atoms with E-state index < -0.39 is 11.7 Å². The lowest BCUT2D eigenvalue weighted by atomic mass is 10.2. The maximum absolute atomic E-state index is 11.2. The van der Waals surface area contributed by atoms with Gasteiger partial charge in [-0.1, -0.05) is 0 Å². The molecule has 0 spiro atoms. The van der Waals surface area contributed by atoms with Crippen LogP contribution in [0.3, 0.4) is 0 Å². The number of anilines is 1. The Morgan fingerprint density at radius 1 is 1.64 bits per heavy atom. The maximum atomic E-state index is 11.2. The minimum Gasteiger partial charge on any atom is -0.493 e. The smallest absolute Gasteiger partial charge is 0.413 e. The van der Waals surface area contributed by atoms with E-state index in [-0.39, 0.29) is 5.88 Å². The Labute approximate surface area is 85.7 Å². The van der Waals surface area contributed by atoms with Gasteiger partial charge in [-0.2, -0.15) is 4.98 Å².